The van der Waals surface area contributed by atoms with Gasteiger partial charge in [0.25, 0.3) is 5.52 Å². The summed E-state index contributed by atoms with van der Waals surface area (Å²) < 4.78 is 11.6. The van der Waals surface area contributed by atoms with Crippen molar-refractivity contribution in [3.63, 3.8) is 0 Å². The first kappa shape index (κ1) is 21.9. The van der Waals surface area contributed by atoms with E-state index < -0.39 is 36.7 Å². The van der Waals surface area contributed by atoms with Crippen LogP contribution in [0.1, 0.15) is 12.6 Å². The third kappa shape index (κ3) is 4.54. The standard InChI is InChI=1S/C22H17NO8/c1-2-3-4-5-6-9-13-12-16(14-10-7-8-11-15(14)23(13)29)30-22-19(26)17(24)18(25)20(31-22)21(27)28/h7-8,10-12,17-20,22,24-26H,1H3,(H-,27,28,29)/p+1/t17?,18-,19-,20?,22-/m1/s1. The van der Waals surface area contributed by atoms with Crippen LogP contribution in [0.4, 0.5) is 0 Å². The summed E-state index contributed by atoms with van der Waals surface area (Å²) in [6, 6.07) is 7.87. The number of rotatable bonds is 3. The van der Waals surface area contributed by atoms with Gasteiger partial charge in [-0.1, -0.05) is 18.1 Å². The summed E-state index contributed by atoms with van der Waals surface area (Å²) in [5.41, 5.74) is 0.374. The van der Waals surface area contributed by atoms with E-state index >= 15 is 0 Å². The second-order valence-corrected chi connectivity index (χ2v) is 6.45. The number of para-hydroxylation sites is 1. The molecule has 1 fully saturated rings. The molecule has 31 heavy (non-hydrogen) atoms. The number of ether oxygens (including phenoxy) is 2. The number of carboxylic acids is 1. The third-order valence-electron chi connectivity index (χ3n) is 4.45. The summed E-state index contributed by atoms with van der Waals surface area (Å²) in [6.45, 7) is 1.63. The van der Waals surface area contributed by atoms with Gasteiger partial charge in [0.05, 0.1) is 11.5 Å². The third-order valence-corrected chi connectivity index (χ3v) is 4.45. The van der Waals surface area contributed by atoms with E-state index in [-0.39, 0.29) is 11.4 Å². The number of hydrogen-bond acceptors (Lipinski definition) is 7. The van der Waals surface area contributed by atoms with Crippen LogP contribution in [-0.4, -0.2) is 62.3 Å². The van der Waals surface area contributed by atoms with Gasteiger partial charge in [-0.15, -0.1) is 0 Å². The second kappa shape index (κ2) is 9.36. The summed E-state index contributed by atoms with van der Waals surface area (Å²) in [5.74, 6) is 13.9. The fourth-order valence-electron chi connectivity index (χ4n) is 2.94. The highest BCUT2D eigenvalue weighted by Crippen LogP contribution is 2.29. The molecule has 1 aromatic carbocycles. The van der Waals surface area contributed by atoms with Gasteiger partial charge in [-0.05, 0) is 36.7 Å². The lowest BCUT2D eigenvalue weighted by atomic mass is 9.99. The van der Waals surface area contributed by atoms with Crippen molar-refractivity contribution >= 4 is 16.9 Å². The Morgan fingerprint density at radius 2 is 1.77 bits per heavy atom. The minimum absolute atomic E-state index is 0.0770. The Hall–Kier alpha value is -3.78. The van der Waals surface area contributed by atoms with Gasteiger partial charge in [0.15, 0.2) is 6.10 Å². The Morgan fingerprint density at radius 3 is 2.48 bits per heavy atom. The van der Waals surface area contributed by atoms with Crippen molar-refractivity contribution in [2.75, 3.05) is 0 Å². The Kier molecular flexibility index (Phi) is 6.61. The SMILES string of the molecule is CC#CC#CC#Cc1cc(O[C@@H]2OC(C(=O)O)[C@H](O)C(O)[C@H]2O)c2ccccc2[n+]1O. The van der Waals surface area contributed by atoms with Crippen LogP contribution in [0, 0.1) is 35.5 Å². The van der Waals surface area contributed by atoms with Gasteiger partial charge in [-0.3, -0.25) is 5.21 Å². The van der Waals surface area contributed by atoms with E-state index in [2.05, 4.69) is 35.5 Å². The lowest BCUT2D eigenvalue weighted by Gasteiger charge is -2.38. The van der Waals surface area contributed by atoms with Gasteiger partial charge in [0.2, 0.25) is 6.29 Å². The van der Waals surface area contributed by atoms with Crippen molar-refractivity contribution in [3.8, 4) is 41.3 Å². The first-order chi connectivity index (χ1) is 14.8. The van der Waals surface area contributed by atoms with Crippen molar-refractivity contribution in [1.82, 2.24) is 0 Å². The molecule has 0 bridgehead atoms. The topological polar surface area (TPSA) is 141 Å². The maximum atomic E-state index is 11.3. The largest absolute Gasteiger partial charge is 0.479 e. The Bertz CT molecular complexity index is 1190. The molecule has 1 aromatic heterocycles. The van der Waals surface area contributed by atoms with Crippen LogP contribution < -0.4 is 9.47 Å². The molecule has 3 rings (SSSR count). The fourth-order valence-corrected chi connectivity index (χ4v) is 2.94. The maximum absolute atomic E-state index is 11.3. The number of carbonyl (C=O) groups is 1. The first-order valence-electron chi connectivity index (χ1n) is 9.04. The van der Waals surface area contributed by atoms with Gasteiger partial charge in [0, 0.05) is 16.7 Å². The zero-order valence-corrected chi connectivity index (χ0v) is 16.2. The van der Waals surface area contributed by atoms with Crippen LogP contribution in [0.25, 0.3) is 10.9 Å². The summed E-state index contributed by atoms with van der Waals surface area (Å²) in [6.07, 6.45) is -8.82. The molecule has 9 nitrogen and oxygen atoms in total. The normalized spacial score (nSPS) is 24.6. The molecule has 1 aliphatic rings. The summed E-state index contributed by atoms with van der Waals surface area (Å²) in [7, 11) is 0. The Labute approximate surface area is 177 Å². The average molecular weight is 424 g/mol. The summed E-state index contributed by atoms with van der Waals surface area (Å²) >= 11 is 0. The van der Waals surface area contributed by atoms with Crippen molar-refractivity contribution in [3.05, 3.63) is 36.0 Å². The van der Waals surface area contributed by atoms with Crippen LogP contribution in [0.5, 0.6) is 5.75 Å². The molecule has 9 heteroatoms. The number of pyridine rings is 1. The molecule has 0 aliphatic carbocycles. The zero-order valence-electron chi connectivity index (χ0n) is 16.2. The van der Waals surface area contributed by atoms with E-state index in [0.29, 0.717) is 10.9 Å². The highest BCUT2D eigenvalue weighted by molar-refractivity contribution is 5.83. The number of nitrogens with zero attached hydrogens (tertiary/aromatic N) is 1. The predicted molar refractivity (Wildman–Crippen MR) is 104 cm³/mol. The number of hydrogen-bond donors (Lipinski definition) is 5. The quantitative estimate of drug-likeness (QED) is 0.240. The minimum atomic E-state index is -1.84. The van der Waals surface area contributed by atoms with Crippen LogP contribution in [0.15, 0.2) is 30.3 Å². The van der Waals surface area contributed by atoms with Crippen LogP contribution in [0.2, 0.25) is 0 Å². The van der Waals surface area contributed by atoms with Gasteiger partial charge in [-0.25, -0.2) is 4.79 Å². The number of aliphatic hydroxyl groups excluding tert-OH is 3. The molecular formula is C22H18NO8+. The summed E-state index contributed by atoms with van der Waals surface area (Å²) in [4.78, 5) is 11.3. The molecule has 0 radical (unpaired) electrons. The Balaban J connectivity index is 2.03. The van der Waals surface area contributed by atoms with Crippen molar-refractivity contribution in [1.29, 1.82) is 0 Å². The van der Waals surface area contributed by atoms with Gasteiger partial charge in [0.1, 0.15) is 24.1 Å². The molecule has 2 unspecified atom stereocenters. The van der Waals surface area contributed by atoms with Gasteiger partial charge >= 0.3 is 11.7 Å². The Morgan fingerprint density at radius 1 is 1.06 bits per heavy atom. The minimum Gasteiger partial charge on any atom is -0.479 e. The first-order valence-corrected chi connectivity index (χ1v) is 9.04. The van der Waals surface area contributed by atoms with Crippen molar-refractivity contribution in [2.24, 2.45) is 0 Å². The smallest absolute Gasteiger partial charge is 0.335 e. The second-order valence-electron chi connectivity index (χ2n) is 6.45. The molecular weight excluding hydrogens is 406 g/mol. The van der Waals surface area contributed by atoms with E-state index in [4.69, 9.17) is 9.47 Å². The lowest BCUT2D eigenvalue weighted by Crippen LogP contribution is -2.61. The van der Waals surface area contributed by atoms with Gasteiger partial charge < -0.3 is 29.9 Å². The van der Waals surface area contributed by atoms with E-state index in [0.717, 1.165) is 4.73 Å². The highest BCUT2D eigenvalue weighted by Gasteiger charge is 2.48. The molecule has 5 N–H and O–H groups in total. The predicted octanol–water partition coefficient (Wildman–Crippen LogP) is -0.986. The van der Waals surface area contributed by atoms with Crippen LogP contribution >= 0.6 is 0 Å². The van der Waals surface area contributed by atoms with Crippen molar-refractivity contribution in [2.45, 2.75) is 37.6 Å². The summed E-state index contributed by atoms with van der Waals surface area (Å²) in [5, 5.41) is 50.1. The lowest BCUT2D eigenvalue weighted by molar-refractivity contribution is -0.886. The zero-order chi connectivity index (χ0) is 22.5. The van der Waals surface area contributed by atoms with E-state index in [1.54, 1.807) is 31.2 Å². The molecule has 2 aromatic rings. The molecule has 0 saturated carbocycles. The molecule has 0 spiro atoms. The monoisotopic (exact) mass is 424 g/mol. The molecule has 1 aliphatic heterocycles. The molecule has 158 valence electrons. The van der Waals surface area contributed by atoms with E-state index in [9.17, 15) is 30.4 Å². The maximum Gasteiger partial charge on any atom is 0.335 e. The van der Waals surface area contributed by atoms with Crippen LogP contribution in [0.3, 0.4) is 0 Å². The number of benzene rings is 1. The number of aliphatic carboxylic acids is 1. The number of aliphatic hydroxyl groups is 3. The fraction of sp³-hybridized carbons (Fsp3) is 0.273. The van der Waals surface area contributed by atoms with E-state index in [1.165, 1.54) is 6.07 Å². The molecule has 1 saturated heterocycles. The molecule has 5 atom stereocenters. The molecule has 2 heterocycles. The number of fused-ring (bicyclic) bond motifs is 1. The van der Waals surface area contributed by atoms with Gasteiger partial charge in [-0.2, -0.15) is 0 Å². The molecule has 0 amide bonds. The average Bonchev–Trinajstić information content (AvgIpc) is 2.76. The van der Waals surface area contributed by atoms with Crippen LogP contribution in [-0.2, 0) is 9.53 Å². The number of aromatic nitrogens is 1. The van der Waals surface area contributed by atoms with E-state index in [1.807, 2.05) is 0 Å². The van der Waals surface area contributed by atoms with Crippen molar-refractivity contribution < 1.29 is 44.6 Å². The highest BCUT2D eigenvalue weighted by atomic mass is 16.7. The number of carboxylic acid groups (broad SMARTS) is 1.